The molecule has 96 valence electrons. The molecule has 2 heterocycles. The first kappa shape index (κ1) is 12.4. The van der Waals surface area contributed by atoms with Crippen LogP contribution in [0.5, 0.6) is 0 Å². The van der Waals surface area contributed by atoms with Crippen LogP contribution in [0.1, 0.15) is 25.7 Å². The van der Waals surface area contributed by atoms with E-state index in [2.05, 4.69) is 9.88 Å². The van der Waals surface area contributed by atoms with Gasteiger partial charge in [0.15, 0.2) is 0 Å². The number of rotatable bonds is 4. The third-order valence-electron chi connectivity index (χ3n) is 3.38. The number of likely N-dealkylation sites (tertiary alicyclic amines) is 1. The lowest BCUT2D eigenvalue weighted by molar-refractivity contribution is 0.0644. The largest absolute Gasteiger partial charge is 0.328 e. The highest BCUT2D eigenvalue weighted by molar-refractivity contribution is 4.94. The summed E-state index contributed by atoms with van der Waals surface area (Å²) in [5, 5.41) is 0. The maximum absolute atomic E-state index is 12.6. The molecule has 0 aromatic carbocycles. The van der Waals surface area contributed by atoms with Crippen LogP contribution < -0.4 is 5.73 Å². The Labute approximate surface area is 99.4 Å². The van der Waals surface area contributed by atoms with Crippen molar-refractivity contribution in [2.24, 2.45) is 11.7 Å². The molecule has 6 heteroatoms. The molecule has 2 rings (SSSR count). The van der Waals surface area contributed by atoms with Crippen molar-refractivity contribution in [3.05, 3.63) is 18.2 Å². The van der Waals surface area contributed by atoms with Gasteiger partial charge in [-0.25, -0.2) is 4.98 Å². The molecule has 0 radical (unpaired) electrons. The second-order valence-electron chi connectivity index (χ2n) is 4.67. The van der Waals surface area contributed by atoms with Gasteiger partial charge in [-0.1, -0.05) is 0 Å². The Hall–Kier alpha value is -1.01. The molecule has 0 aliphatic carbocycles. The molecule has 1 fully saturated rings. The van der Waals surface area contributed by atoms with Crippen molar-refractivity contribution in [2.75, 3.05) is 13.1 Å². The number of alkyl halides is 2. The fraction of sp³-hybridized carbons (Fsp3) is 0.727. The fourth-order valence-corrected chi connectivity index (χ4v) is 2.28. The van der Waals surface area contributed by atoms with Crippen LogP contribution in [-0.4, -0.2) is 33.6 Å². The van der Waals surface area contributed by atoms with Crippen LogP contribution in [-0.2, 0) is 6.54 Å². The summed E-state index contributed by atoms with van der Waals surface area (Å²) in [7, 11) is 0. The van der Waals surface area contributed by atoms with Crippen LogP contribution in [0.3, 0.4) is 0 Å². The van der Waals surface area contributed by atoms with E-state index in [1.807, 2.05) is 6.92 Å². The number of aromatic nitrogens is 2. The normalized spacial score (nSPS) is 23.5. The van der Waals surface area contributed by atoms with Crippen molar-refractivity contribution in [3.63, 3.8) is 0 Å². The predicted molar refractivity (Wildman–Crippen MR) is 60.5 cm³/mol. The van der Waals surface area contributed by atoms with Gasteiger partial charge in [-0.3, -0.25) is 9.47 Å². The van der Waals surface area contributed by atoms with E-state index in [9.17, 15) is 8.78 Å². The molecular formula is C11H18F2N4. The van der Waals surface area contributed by atoms with Gasteiger partial charge >= 0.3 is 6.55 Å². The summed E-state index contributed by atoms with van der Waals surface area (Å²) < 4.78 is 26.2. The van der Waals surface area contributed by atoms with E-state index in [0.717, 1.165) is 24.1 Å². The third kappa shape index (κ3) is 2.81. The van der Waals surface area contributed by atoms with E-state index >= 15 is 0 Å². The van der Waals surface area contributed by atoms with Crippen LogP contribution >= 0.6 is 0 Å². The Morgan fingerprint density at radius 3 is 2.94 bits per heavy atom. The van der Waals surface area contributed by atoms with E-state index in [-0.39, 0.29) is 6.04 Å². The Morgan fingerprint density at radius 1 is 1.59 bits per heavy atom. The molecule has 2 unspecified atom stereocenters. The second-order valence-corrected chi connectivity index (χ2v) is 4.67. The molecule has 4 nitrogen and oxygen atoms in total. The van der Waals surface area contributed by atoms with Gasteiger partial charge < -0.3 is 5.73 Å². The maximum Gasteiger partial charge on any atom is 0.319 e. The number of nitrogens with zero attached hydrogens (tertiary/aromatic N) is 3. The van der Waals surface area contributed by atoms with Crippen molar-refractivity contribution in [1.82, 2.24) is 14.5 Å². The van der Waals surface area contributed by atoms with Gasteiger partial charge in [0.2, 0.25) is 0 Å². The summed E-state index contributed by atoms with van der Waals surface area (Å²) in [6.45, 7) is 1.73. The van der Waals surface area contributed by atoms with E-state index in [4.69, 9.17) is 5.73 Å². The monoisotopic (exact) mass is 244 g/mol. The van der Waals surface area contributed by atoms with Crippen LogP contribution in [0.2, 0.25) is 0 Å². The molecule has 1 aromatic rings. The van der Waals surface area contributed by atoms with Gasteiger partial charge in [0.05, 0.1) is 6.54 Å². The number of halogens is 2. The Morgan fingerprint density at radius 2 is 2.35 bits per heavy atom. The van der Waals surface area contributed by atoms with Gasteiger partial charge in [0.1, 0.15) is 5.82 Å². The lowest BCUT2D eigenvalue weighted by Crippen LogP contribution is -2.30. The quantitative estimate of drug-likeness (QED) is 0.872. The summed E-state index contributed by atoms with van der Waals surface area (Å²) in [5.74, 6) is 0.885. The molecule has 2 atom stereocenters. The zero-order chi connectivity index (χ0) is 12.4. The summed E-state index contributed by atoms with van der Waals surface area (Å²) in [6, 6.07) is 0.162. The van der Waals surface area contributed by atoms with Gasteiger partial charge in [-0.05, 0) is 25.8 Å². The van der Waals surface area contributed by atoms with Crippen LogP contribution in [0.25, 0.3) is 0 Å². The highest BCUT2D eigenvalue weighted by Crippen LogP contribution is 2.21. The number of hydrogen-bond acceptors (Lipinski definition) is 3. The van der Waals surface area contributed by atoms with Crippen LogP contribution in [0.4, 0.5) is 8.78 Å². The standard InChI is InChI=1S/C11H18F2N4/c1-8(14)9-2-4-16(6-9)7-10-15-3-5-17(10)11(12)13/h3,5,8-9,11H,2,4,6-7,14H2,1H3. The van der Waals surface area contributed by atoms with Crippen molar-refractivity contribution in [3.8, 4) is 0 Å². The van der Waals surface area contributed by atoms with Crippen molar-refractivity contribution >= 4 is 0 Å². The van der Waals surface area contributed by atoms with E-state index < -0.39 is 6.55 Å². The van der Waals surface area contributed by atoms with Crippen molar-refractivity contribution in [1.29, 1.82) is 0 Å². The van der Waals surface area contributed by atoms with Crippen molar-refractivity contribution < 1.29 is 8.78 Å². The SMILES string of the molecule is CC(N)C1CCN(Cc2nccn2C(F)F)C1. The second kappa shape index (κ2) is 5.10. The highest BCUT2D eigenvalue weighted by Gasteiger charge is 2.26. The number of hydrogen-bond donors (Lipinski definition) is 1. The minimum absolute atomic E-state index is 0.162. The maximum atomic E-state index is 12.6. The zero-order valence-electron chi connectivity index (χ0n) is 9.89. The molecule has 1 aromatic heterocycles. The van der Waals surface area contributed by atoms with E-state index in [0.29, 0.717) is 18.3 Å². The molecule has 1 aliphatic rings. The molecule has 0 saturated carbocycles. The van der Waals surface area contributed by atoms with Gasteiger partial charge in [0.25, 0.3) is 0 Å². The van der Waals surface area contributed by atoms with Crippen molar-refractivity contribution in [2.45, 2.75) is 32.5 Å². The molecule has 0 amide bonds. The molecular weight excluding hydrogens is 226 g/mol. The molecule has 0 bridgehead atoms. The third-order valence-corrected chi connectivity index (χ3v) is 3.38. The van der Waals surface area contributed by atoms with Crippen LogP contribution in [0, 0.1) is 5.92 Å². The highest BCUT2D eigenvalue weighted by atomic mass is 19.3. The molecule has 17 heavy (non-hydrogen) atoms. The first-order valence-corrected chi connectivity index (χ1v) is 5.85. The molecule has 1 aliphatic heterocycles. The number of imidazole rings is 1. The summed E-state index contributed by atoms with van der Waals surface area (Å²) in [5.41, 5.74) is 5.84. The van der Waals surface area contributed by atoms with E-state index in [1.165, 1.54) is 12.4 Å². The summed E-state index contributed by atoms with van der Waals surface area (Å²) in [6.07, 6.45) is 3.77. The molecule has 1 saturated heterocycles. The Kier molecular flexibility index (Phi) is 3.73. The Bertz CT molecular complexity index is 364. The molecule has 0 spiro atoms. The lowest BCUT2D eigenvalue weighted by Gasteiger charge is -2.18. The minimum Gasteiger partial charge on any atom is -0.328 e. The summed E-state index contributed by atoms with van der Waals surface area (Å²) in [4.78, 5) is 6.12. The fourth-order valence-electron chi connectivity index (χ4n) is 2.28. The Balaban J connectivity index is 1.96. The average Bonchev–Trinajstić information content (AvgIpc) is 2.86. The first-order valence-electron chi connectivity index (χ1n) is 5.85. The first-order chi connectivity index (χ1) is 8.08. The van der Waals surface area contributed by atoms with Gasteiger partial charge in [-0.15, -0.1) is 0 Å². The van der Waals surface area contributed by atoms with Gasteiger partial charge in [-0.2, -0.15) is 8.78 Å². The smallest absolute Gasteiger partial charge is 0.319 e. The average molecular weight is 244 g/mol. The minimum atomic E-state index is -2.51. The predicted octanol–water partition coefficient (Wildman–Crippen LogP) is 1.45. The lowest BCUT2D eigenvalue weighted by atomic mass is 10.0. The summed E-state index contributed by atoms with van der Waals surface area (Å²) >= 11 is 0. The van der Waals surface area contributed by atoms with Gasteiger partial charge in [0, 0.05) is 25.0 Å². The topological polar surface area (TPSA) is 47.1 Å². The number of nitrogens with two attached hydrogens (primary N) is 1. The van der Waals surface area contributed by atoms with Crippen LogP contribution in [0.15, 0.2) is 12.4 Å². The van der Waals surface area contributed by atoms with E-state index in [1.54, 1.807) is 0 Å². The zero-order valence-corrected chi connectivity index (χ0v) is 9.89. The molecule has 2 N–H and O–H groups in total.